The van der Waals surface area contributed by atoms with E-state index in [-0.39, 0.29) is 12.1 Å². The molecule has 7 nitrogen and oxygen atoms in total. The van der Waals surface area contributed by atoms with Crippen LogP contribution in [0.2, 0.25) is 5.02 Å². The van der Waals surface area contributed by atoms with Gasteiger partial charge in [0.2, 0.25) is 0 Å². The molecule has 3 rings (SSSR count). The molecule has 162 valence electrons. The van der Waals surface area contributed by atoms with Crippen molar-refractivity contribution in [3.63, 3.8) is 0 Å². The van der Waals surface area contributed by atoms with E-state index in [0.29, 0.717) is 21.9 Å². The monoisotopic (exact) mass is 513 g/mol. The molecule has 0 heterocycles. The van der Waals surface area contributed by atoms with Gasteiger partial charge >= 0.3 is 5.97 Å². The van der Waals surface area contributed by atoms with E-state index < -0.39 is 17.8 Å². The van der Waals surface area contributed by atoms with Gasteiger partial charge in [-0.3, -0.25) is 9.59 Å². The van der Waals surface area contributed by atoms with Crippen LogP contribution in [0.1, 0.15) is 26.3 Å². The molecule has 0 aromatic heterocycles. The van der Waals surface area contributed by atoms with Gasteiger partial charge in [0, 0.05) is 4.47 Å². The summed E-state index contributed by atoms with van der Waals surface area (Å²) in [5, 5.41) is 6.61. The Labute approximate surface area is 197 Å². The van der Waals surface area contributed by atoms with Gasteiger partial charge in [0.25, 0.3) is 11.8 Å². The van der Waals surface area contributed by atoms with Gasteiger partial charge in [-0.05, 0) is 60.2 Å². The Kier molecular flexibility index (Phi) is 8.13. The first-order chi connectivity index (χ1) is 15.4. The molecule has 32 heavy (non-hydrogen) atoms. The number of benzene rings is 3. The van der Waals surface area contributed by atoms with Crippen molar-refractivity contribution in [1.82, 2.24) is 10.7 Å². The zero-order chi connectivity index (χ0) is 22.9. The number of carbonyl (C=O) groups excluding carboxylic acids is 3. The number of nitrogens with zero attached hydrogens (tertiary/aromatic N) is 1. The highest BCUT2D eigenvalue weighted by molar-refractivity contribution is 9.10. The zero-order valence-corrected chi connectivity index (χ0v) is 18.9. The summed E-state index contributed by atoms with van der Waals surface area (Å²) >= 11 is 9.26. The van der Waals surface area contributed by atoms with Crippen LogP contribution < -0.4 is 15.5 Å². The number of rotatable bonds is 7. The lowest BCUT2D eigenvalue weighted by Crippen LogP contribution is -2.35. The summed E-state index contributed by atoms with van der Waals surface area (Å²) in [6.45, 7) is -0.258. The second-order valence-corrected chi connectivity index (χ2v) is 7.75. The van der Waals surface area contributed by atoms with E-state index in [9.17, 15) is 14.4 Å². The lowest BCUT2D eigenvalue weighted by Gasteiger charge is -2.06. The molecule has 3 aromatic carbocycles. The van der Waals surface area contributed by atoms with Crippen molar-refractivity contribution < 1.29 is 19.1 Å². The molecule has 3 aromatic rings. The van der Waals surface area contributed by atoms with Gasteiger partial charge in [-0.2, -0.15) is 5.10 Å². The van der Waals surface area contributed by atoms with E-state index in [2.05, 4.69) is 31.8 Å². The number of amides is 2. The molecule has 0 atom stereocenters. The van der Waals surface area contributed by atoms with Gasteiger partial charge in [0.15, 0.2) is 0 Å². The highest BCUT2D eigenvalue weighted by Gasteiger charge is 2.11. The number of nitrogens with one attached hydrogen (secondary N) is 2. The summed E-state index contributed by atoms with van der Waals surface area (Å²) < 4.78 is 6.11. The van der Waals surface area contributed by atoms with E-state index in [1.54, 1.807) is 66.7 Å². The average Bonchev–Trinajstić information content (AvgIpc) is 2.79. The molecule has 0 aliphatic carbocycles. The van der Waals surface area contributed by atoms with E-state index in [1.807, 2.05) is 6.07 Å². The van der Waals surface area contributed by atoms with Gasteiger partial charge in [-0.25, -0.2) is 10.2 Å². The van der Waals surface area contributed by atoms with Crippen LogP contribution in [0.5, 0.6) is 5.75 Å². The number of hydrazone groups is 1. The Hall–Kier alpha value is -3.49. The van der Waals surface area contributed by atoms with Crippen LogP contribution >= 0.6 is 27.5 Å². The molecule has 2 N–H and O–H groups in total. The Balaban J connectivity index is 1.46. The molecule has 0 saturated carbocycles. The smallest absolute Gasteiger partial charge is 0.343 e. The molecular formula is C23H17BrClN3O4. The fraction of sp³-hybridized carbons (Fsp3) is 0.0435. The Morgan fingerprint density at radius 1 is 1.00 bits per heavy atom. The highest BCUT2D eigenvalue weighted by Crippen LogP contribution is 2.16. The van der Waals surface area contributed by atoms with Crippen LogP contribution in [0.25, 0.3) is 0 Å². The van der Waals surface area contributed by atoms with E-state index >= 15 is 0 Å². The minimum Gasteiger partial charge on any atom is -0.423 e. The zero-order valence-electron chi connectivity index (χ0n) is 16.5. The number of esters is 1. The fourth-order valence-corrected chi connectivity index (χ4v) is 3.14. The summed E-state index contributed by atoms with van der Waals surface area (Å²) in [6.07, 6.45) is 1.42. The van der Waals surface area contributed by atoms with E-state index in [4.69, 9.17) is 16.3 Å². The van der Waals surface area contributed by atoms with Crippen LogP contribution in [-0.4, -0.2) is 30.5 Å². The minimum atomic E-state index is -0.499. The molecule has 0 unspecified atom stereocenters. The Morgan fingerprint density at radius 2 is 1.75 bits per heavy atom. The Morgan fingerprint density at radius 3 is 2.47 bits per heavy atom. The third kappa shape index (κ3) is 6.76. The fourth-order valence-electron chi connectivity index (χ4n) is 2.52. The van der Waals surface area contributed by atoms with E-state index in [1.165, 1.54) is 6.21 Å². The lowest BCUT2D eigenvalue weighted by molar-refractivity contribution is -0.120. The van der Waals surface area contributed by atoms with Gasteiger partial charge in [-0.15, -0.1) is 0 Å². The average molecular weight is 515 g/mol. The summed E-state index contributed by atoms with van der Waals surface area (Å²) in [4.78, 5) is 36.0. The number of hydrogen-bond acceptors (Lipinski definition) is 5. The normalized spacial score (nSPS) is 10.6. The molecule has 0 bridgehead atoms. The van der Waals surface area contributed by atoms with Crippen LogP contribution in [0.15, 0.2) is 82.4 Å². The molecular weight excluding hydrogens is 498 g/mol. The maximum atomic E-state index is 12.2. The largest absolute Gasteiger partial charge is 0.423 e. The quantitative estimate of drug-likeness (QED) is 0.214. The third-order valence-corrected chi connectivity index (χ3v) is 4.90. The highest BCUT2D eigenvalue weighted by atomic mass is 79.9. The van der Waals surface area contributed by atoms with Crippen molar-refractivity contribution in [3.8, 4) is 5.75 Å². The summed E-state index contributed by atoms with van der Waals surface area (Å²) in [5.41, 5.74) is 3.70. The SMILES string of the molecule is O=C(CNC(=O)c1ccccc1Cl)NN=Cc1ccc(OC(=O)c2cccc(Br)c2)cc1. The number of halogens is 2. The van der Waals surface area contributed by atoms with Crippen LogP contribution in [-0.2, 0) is 4.79 Å². The van der Waals surface area contributed by atoms with Crippen LogP contribution in [0, 0.1) is 0 Å². The van der Waals surface area contributed by atoms with Crippen LogP contribution in [0.3, 0.4) is 0 Å². The first kappa shape index (κ1) is 23.2. The molecule has 0 saturated heterocycles. The van der Waals surface area contributed by atoms with Gasteiger partial charge in [0.1, 0.15) is 5.75 Å². The predicted molar refractivity (Wildman–Crippen MR) is 125 cm³/mol. The van der Waals surface area contributed by atoms with Crippen molar-refractivity contribution in [2.45, 2.75) is 0 Å². The van der Waals surface area contributed by atoms with Gasteiger partial charge < -0.3 is 10.1 Å². The van der Waals surface area contributed by atoms with Crippen molar-refractivity contribution in [1.29, 1.82) is 0 Å². The Bertz CT molecular complexity index is 1170. The van der Waals surface area contributed by atoms with E-state index in [0.717, 1.165) is 4.47 Å². The minimum absolute atomic E-state index is 0.258. The molecule has 9 heteroatoms. The number of hydrogen-bond donors (Lipinski definition) is 2. The standard InChI is InChI=1S/C23H17BrClN3O4/c24-17-5-3-4-16(12-17)23(31)32-18-10-8-15(9-11-18)13-27-28-21(29)14-26-22(30)19-6-1-2-7-20(19)25/h1-13H,14H2,(H,26,30)(H,28,29). The van der Waals surface area contributed by atoms with Gasteiger partial charge in [0.05, 0.1) is 28.9 Å². The predicted octanol–water partition coefficient (Wildman–Crippen LogP) is 4.20. The number of ether oxygens (including phenoxy) is 1. The molecule has 2 amide bonds. The maximum absolute atomic E-state index is 12.2. The first-order valence-corrected chi connectivity index (χ1v) is 10.5. The van der Waals surface area contributed by atoms with Crippen molar-refractivity contribution in [2.24, 2.45) is 5.10 Å². The molecule has 0 aliphatic rings. The maximum Gasteiger partial charge on any atom is 0.343 e. The second-order valence-electron chi connectivity index (χ2n) is 6.42. The van der Waals surface area contributed by atoms with Crippen molar-refractivity contribution >= 4 is 51.5 Å². The molecule has 0 aliphatic heterocycles. The van der Waals surface area contributed by atoms with Crippen LogP contribution in [0.4, 0.5) is 0 Å². The topological polar surface area (TPSA) is 96.9 Å². The second kappa shape index (κ2) is 11.2. The summed E-state index contributed by atoms with van der Waals surface area (Å²) in [6, 6.07) is 20.0. The molecule has 0 radical (unpaired) electrons. The third-order valence-electron chi connectivity index (χ3n) is 4.08. The lowest BCUT2D eigenvalue weighted by atomic mass is 10.2. The van der Waals surface area contributed by atoms with Crippen molar-refractivity contribution in [3.05, 3.63) is 99.0 Å². The first-order valence-electron chi connectivity index (χ1n) is 9.35. The molecule has 0 fully saturated rings. The number of carbonyl (C=O) groups is 3. The summed E-state index contributed by atoms with van der Waals surface area (Å²) in [5.74, 6) is -1.05. The summed E-state index contributed by atoms with van der Waals surface area (Å²) in [7, 11) is 0. The van der Waals surface area contributed by atoms with Gasteiger partial charge in [-0.1, -0.05) is 45.7 Å². The van der Waals surface area contributed by atoms with Crippen molar-refractivity contribution in [2.75, 3.05) is 6.54 Å². The molecule has 0 spiro atoms.